The van der Waals surface area contributed by atoms with Gasteiger partial charge in [-0.2, -0.15) is 0 Å². The Hall–Kier alpha value is -1.22. The van der Waals surface area contributed by atoms with E-state index in [4.69, 9.17) is 21.1 Å². The molecule has 0 spiro atoms. The lowest BCUT2D eigenvalue weighted by Crippen LogP contribution is -1.94. The van der Waals surface area contributed by atoms with E-state index in [1.807, 2.05) is 12.1 Å². The van der Waals surface area contributed by atoms with E-state index in [1.54, 1.807) is 6.92 Å². The van der Waals surface area contributed by atoms with Gasteiger partial charge in [0.25, 0.3) is 0 Å². The number of ether oxygens (including phenoxy) is 2. The molecule has 0 aromatic heterocycles. The van der Waals surface area contributed by atoms with Crippen molar-refractivity contribution in [3.05, 3.63) is 22.7 Å². The summed E-state index contributed by atoms with van der Waals surface area (Å²) in [5.74, 6) is 2.03. The molecule has 84 valence electrons. The Kier molecular flexibility index (Phi) is 2.11. The number of carbonyl (C=O) groups is 1. The van der Waals surface area contributed by atoms with Crippen LogP contribution in [0.2, 0.25) is 5.02 Å². The van der Waals surface area contributed by atoms with E-state index in [9.17, 15) is 4.79 Å². The molecule has 1 saturated carbocycles. The van der Waals surface area contributed by atoms with Crippen molar-refractivity contribution in [3.8, 4) is 11.5 Å². The molecule has 2 aliphatic rings. The van der Waals surface area contributed by atoms with E-state index < -0.39 is 0 Å². The van der Waals surface area contributed by atoms with Gasteiger partial charge in [0.15, 0.2) is 11.5 Å². The third-order valence-corrected chi connectivity index (χ3v) is 3.47. The molecular formula is C12H11ClO3. The van der Waals surface area contributed by atoms with Crippen LogP contribution in [-0.2, 0) is 4.79 Å². The summed E-state index contributed by atoms with van der Waals surface area (Å²) in [6, 6.07) is 3.81. The predicted molar refractivity (Wildman–Crippen MR) is 59.1 cm³/mol. The molecule has 3 rings (SSSR count). The van der Waals surface area contributed by atoms with Crippen molar-refractivity contribution in [2.24, 2.45) is 5.92 Å². The number of Topliss-reactive ketones (excluding diaryl/α,β-unsaturated/α-hetero) is 1. The van der Waals surface area contributed by atoms with Crippen LogP contribution in [0.5, 0.6) is 11.5 Å². The molecule has 1 aliphatic carbocycles. The van der Waals surface area contributed by atoms with E-state index in [2.05, 4.69) is 0 Å². The molecule has 1 aromatic carbocycles. The highest BCUT2D eigenvalue weighted by Crippen LogP contribution is 2.51. The Balaban J connectivity index is 1.93. The number of halogens is 1. The molecule has 2 atom stereocenters. The van der Waals surface area contributed by atoms with Gasteiger partial charge in [-0.25, -0.2) is 0 Å². The molecule has 0 amide bonds. The zero-order chi connectivity index (χ0) is 11.3. The number of hydrogen-bond donors (Lipinski definition) is 0. The SMILES string of the molecule is CC(=O)C1CC1c1cc(Cl)c2c(c1)OCO2. The van der Waals surface area contributed by atoms with Crippen LogP contribution in [0.1, 0.15) is 24.8 Å². The van der Waals surface area contributed by atoms with Crippen molar-refractivity contribution in [1.29, 1.82) is 0 Å². The first-order valence-corrected chi connectivity index (χ1v) is 5.64. The fraction of sp³-hybridized carbons (Fsp3) is 0.417. The maximum absolute atomic E-state index is 11.2. The van der Waals surface area contributed by atoms with Crippen LogP contribution in [0, 0.1) is 5.92 Å². The first-order valence-electron chi connectivity index (χ1n) is 5.26. The van der Waals surface area contributed by atoms with Crippen LogP contribution in [-0.4, -0.2) is 12.6 Å². The van der Waals surface area contributed by atoms with E-state index in [-0.39, 0.29) is 18.5 Å². The van der Waals surface area contributed by atoms with Gasteiger partial charge in [-0.1, -0.05) is 11.6 Å². The summed E-state index contributed by atoms with van der Waals surface area (Å²) in [7, 11) is 0. The average Bonchev–Trinajstić information content (AvgIpc) is 2.90. The minimum absolute atomic E-state index is 0.163. The van der Waals surface area contributed by atoms with Gasteiger partial charge in [0.2, 0.25) is 6.79 Å². The molecule has 1 aromatic rings. The van der Waals surface area contributed by atoms with E-state index in [0.29, 0.717) is 22.4 Å². The van der Waals surface area contributed by atoms with E-state index in [1.165, 1.54) is 0 Å². The summed E-state index contributed by atoms with van der Waals surface area (Å²) in [4.78, 5) is 11.2. The lowest BCUT2D eigenvalue weighted by atomic mass is 10.1. The number of benzene rings is 1. The Morgan fingerprint density at radius 2 is 2.25 bits per heavy atom. The van der Waals surface area contributed by atoms with Crippen LogP contribution in [0.3, 0.4) is 0 Å². The maximum atomic E-state index is 11.2. The third kappa shape index (κ3) is 1.47. The summed E-state index contributed by atoms with van der Waals surface area (Å²) in [6.07, 6.45) is 0.922. The second-order valence-electron chi connectivity index (χ2n) is 4.30. The van der Waals surface area contributed by atoms with Crippen molar-refractivity contribution >= 4 is 17.4 Å². The Morgan fingerprint density at radius 3 is 2.94 bits per heavy atom. The van der Waals surface area contributed by atoms with Gasteiger partial charge in [-0.15, -0.1) is 0 Å². The summed E-state index contributed by atoms with van der Waals surface area (Å²) < 4.78 is 10.5. The molecule has 1 heterocycles. The quantitative estimate of drug-likeness (QED) is 0.795. The minimum atomic E-state index is 0.163. The average molecular weight is 239 g/mol. The maximum Gasteiger partial charge on any atom is 0.231 e. The van der Waals surface area contributed by atoms with Crippen LogP contribution < -0.4 is 9.47 Å². The predicted octanol–water partition coefficient (Wildman–Crippen LogP) is 2.76. The summed E-state index contributed by atoms with van der Waals surface area (Å²) in [5, 5.41) is 0.569. The van der Waals surface area contributed by atoms with Crippen LogP contribution in [0.25, 0.3) is 0 Å². The minimum Gasteiger partial charge on any atom is -0.454 e. The number of rotatable bonds is 2. The van der Waals surface area contributed by atoms with Gasteiger partial charge in [-0.3, -0.25) is 4.79 Å². The van der Waals surface area contributed by atoms with Crippen LogP contribution in [0.15, 0.2) is 12.1 Å². The molecule has 16 heavy (non-hydrogen) atoms. The van der Waals surface area contributed by atoms with Crippen molar-refractivity contribution in [2.45, 2.75) is 19.3 Å². The van der Waals surface area contributed by atoms with Gasteiger partial charge in [0.05, 0.1) is 5.02 Å². The molecule has 0 N–H and O–H groups in total. The molecule has 3 nitrogen and oxygen atoms in total. The molecule has 0 radical (unpaired) electrons. The van der Waals surface area contributed by atoms with Gasteiger partial charge in [0, 0.05) is 5.92 Å². The first kappa shape index (κ1) is 9.97. The summed E-state index contributed by atoms with van der Waals surface area (Å²) in [6.45, 7) is 1.86. The standard InChI is InChI=1S/C12H11ClO3/c1-6(14)8-4-9(8)7-2-10(13)12-11(3-7)15-5-16-12/h2-3,8-9H,4-5H2,1H3. The lowest BCUT2D eigenvalue weighted by molar-refractivity contribution is -0.118. The van der Waals surface area contributed by atoms with Crippen LogP contribution in [0.4, 0.5) is 0 Å². The van der Waals surface area contributed by atoms with Gasteiger partial charge < -0.3 is 9.47 Å². The third-order valence-electron chi connectivity index (χ3n) is 3.19. The number of fused-ring (bicyclic) bond motifs is 1. The molecule has 4 heteroatoms. The number of hydrogen-bond acceptors (Lipinski definition) is 3. The smallest absolute Gasteiger partial charge is 0.231 e. The zero-order valence-corrected chi connectivity index (χ0v) is 9.58. The second kappa shape index (κ2) is 3.39. The number of ketones is 1. The Bertz CT molecular complexity index is 470. The van der Waals surface area contributed by atoms with Crippen molar-refractivity contribution in [2.75, 3.05) is 6.79 Å². The number of carbonyl (C=O) groups excluding carboxylic acids is 1. The largest absolute Gasteiger partial charge is 0.454 e. The highest BCUT2D eigenvalue weighted by atomic mass is 35.5. The normalized spacial score (nSPS) is 25.6. The van der Waals surface area contributed by atoms with Gasteiger partial charge >= 0.3 is 0 Å². The van der Waals surface area contributed by atoms with E-state index in [0.717, 1.165) is 12.0 Å². The molecule has 1 fully saturated rings. The second-order valence-corrected chi connectivity index (χ2v) is 4.70. The summed E-state index contributed by atoms with van der Waals surface area (Å²) >= 11 is 6.08. The van der Waals surface area contributed by atoms with Gasteiger partial charge in [0.1, 0.15) is 5.78 Å². The fourth-order valence-electron chi connectivity index (χ4n) is 2.21. The fourth-order valence-corrected chi connectivity index (χ4v) is 2.49. The molecule has 1 aliphatic heterocycles. The van der Waals surface area contributed by atoms with Crippen molar-refractivity contribution in [1.82, 2.24) is 0 Å². The summed E-state index contributed by atoms with van der Waals surface area (Å²) in [5.41, 5.74) is 1.08. The first-order chi connectivity index (χ1) is 7.66. The highest BCUT2D eigenvalue weighted by Gasteiger charge is 2.42. The van der Waals surface area contributed by atoms with Crippen molar-refractivity contribution in [3.63, 3.8) is 0 Å². The van der Waals surface area contributed by atoms with Crippen molar-refractivity contribution < 1.29 is 14.3 Å². The topological polar surface area (TPSA) is 35.5 Å². The molecular weight excluding hydrogens is 228 g/mol. The highest BCUT2D eigenvalue weighted by molar-refractivity contribution is 6.32. The molecule has 0 saturated heterocycles. The van der Waals surface area contributed by atoms with E-state index >= 15 is 0 Å². The van der Waals surface area contributed by atoms with Crippen LogP contribution >= 0.6 is 11.6 Å². The molecule has 2 unspecified atom stereocenters. The van der Waals surface area contributed by atoms with Gasteiger partial charge in [-0.05, 0) is 37.0 Å². The zero-order valence-electron chi connectivity index (χ0n) is 8.83. The Labute approximate surface area is 98.3 Å². The lowest BCUT2D eigenvalue weighted by Gasteiger charge is -2.03. The monoisotopic (exact) mass is 238 g/mol. The molecule has 0 bridgehead atoms. The Morgan fingerprint density at radius 1 is 1.44 bits per heavy atom.